The maximum absolute atomic E-state index is 13.4. The fraction of sp³-hybridized carbons (Fsp3) is 0.700. The van der Waals surface area contributed by atoms with Gasteiger partial charge in [0.25, 0.3) is 11.8 Å². The third-order valence-corrected chi connectivity index (χ3v) is 8.23. The minimum Gasteiger partial charge on any atom is -0.378 e. The zero-order chi connectivity index (χ0) is 22.4. The number of hydrogen-bond acceptors (Lipinski definition) is 11. The summed E-state index contributed by atoms with van der Waals surface area (Å²) in [5.41, 5.74) is 13.9. The number of fused-ring (bicyclic) bond motifs is 5. The first kappa shape index (κ1) is 21.4. The van der Waals surface area contributed by atoms with Crippen molar-refractivity contribution in [2.75, 3.05) is 52.6 Å². The minimum absolute atomic E-state index is 0.0443. The van der Waals surface area contributed by atoms with Crippen molar-refractivity contribution in [3.8, 4) is 0 Å². The molecule has 4 N–H and O–H groups in total. The molecule has 0 radical (unpaired) electrons. The Balaban J connectivity index is 1.37. The second-order valence-corrected chi connectivity index (χ2v) is 9.88. The van der Waals surface area contributed by atoms with Gasteiger partial charge in [-0.15, -0.1) is 11.1 Å². The smallest absolute Gasteiger partial charge is 0.274 e. The molecule has 2 unspecified atom stereocenters. The van der Waals surface area contributed by atoms with Gasteiger partial charge in [-0.25, -0.2) is 0 Å². The summed E-state index contributed by atoms with van der Waals surface area (Å²) in [5.74, 6) is -0.0886. The standard InChI is InChI=1S/C20H30N8O4S/c29-17(25-5-9-31-10-6-25)15-19-27(23-21-15)13-3-1-2-4-14(13)28-20(33-19)16(22-24-28)18(30)26-7-11-32-12-8-26/h13-14,21-24H,1-12H2. The van der Waals surface area contributed by atoms with E-state index >= 15 is 0 Å². The van der Waals surface area contributed by atoms with Crippen LogP contribution in [-0.4, -0.2) is 96.3 Å². The van der Waals surface area contributed by atoms with Crippen LogP contribution in [0.15, 0.2) is 21.5 Å². The number of hydrogen-bond donors (Lipinski definition) is 4. The lowest BCUT2D eigenvalue weighted by atomic mass is 9.89. The molecule has 0 spiro atoms. The largest absolute Gasteiger partial charge is 0.378 e. The van der Waals surface area contributed by atoms with Crippen molar-refractivity contribution in [2.45, 2.75) is 37.8 Å². The van der Waals surface area contributed by atoms with Gasteiger partial charge in [0, 0.05) is 26.2 Å². The monoisotopic (exact) mass is 478 g/mol. The van der Waals surface area contributed by atoms with Crippen molar-refractivity contribution in [3.05, 3.63) is 21.5 Å². The molecule has 5 heterocycles. The van der Waals surface area contributed by atoms with Gasteiger partial charge < -0.3 is 19.3 Å². The summed E-state index contributed by atoms with van der Waals surface area (Å²) in [5, 5.41) is 5.84. The molecule has 0 aromatic heterocycles. The summed E-state index contributed by atoms with van der Waals surface area (Å²) in [6, 6.07) is 0.321. The van der Waals surface area contributed by atoms with Crippen molar-refractivity contribution >= 4 is 23.6 Å². The molecule has 6 rings (SSSR count). The van der Waals surface area contributed by atoms with Gasteiger partial charge in [0.15, 0.2) is 0 Å². The number of amides is 2. The van der Waals surface area contributed by atoms with Crippen LogP contribution in [0.3, 0.4) is 0 Å². The Bertz CT molecular complexity index is 815. The third kappa shape index (κ3) is 3.71. The van der Waals surface area contributed by atoms with Crippen molar-refractivity contribution in [3.63, 3.8) is 0 Å². The molecule has 33 heavy (non-hydrogen) atoms. The lowest BCUT2D eigenvalue weighted by molar-refractivity contribution is -0.132. The van der Waals surface area contributed by atoms with E-state index in [2.05, 4.69) is 31.9 Å². The highest BCUT2D eigenvalue weighted by Gasteiger charge is 2.48. The number of thioether (sulfide) groups is 1. The van der Waals surface area contributed by atoms with Gasteiger partial charge in [0.05, 0.1) is 38.5 Å². The number of carbonyl (C=O) groups excluding carboxylic acids is 2. The van der Waals surface area contributed by atoms with E-state index in [1.165, 1.54) is 11.8 Å². The number of nitrogens with zero attached hydrogens (tertiary/aromatic N) is 4. The van der Waals surface area contributed by atoms with Crippen molar-refractivity contribution in [1.82, 2.24) is 41.7 Å². The Morgan fingerprint density at radius 1 is 0.727 bits per heavy atom. The molecule has 2 atom stereocenters. The predicted molar refractivity (Wildman–Crippen MR) is 119 cm³/mol. The summed E-state index contributed by atoms with van der Waals surface area (Å²) in [6.07, 6.45) is 4.26. The Morgan fingerprint density at radius 2 is 1.15 bits per heavy atom. The maximum Gasteiger partial charge on any atom is 0.274 e. The van der Waals surface area contributed by atoms with Crippen LogP contribution in [0.4, 0.5) is 0 Å². The predicted octanol–water partition coefficient (Wildman–Crippen LogP) is -1.25. The van der Waals surface area contributed by atoms with E-state index in [0.717, 1.165) is 35.7 Å². The first-order valence-corrected chi connectivity index (χ1v) is 12.6. The molecule has 1 aliphatic carbocycles. The number of nitrogens with one attached hydrogen (secondary N) is 4. The van der Waals surface area contributed by atoms with Gasteiger partial charge in [-0.2, -0.15) is 0 Å². The van der Waals surface area contributed by atoms with E-state index in [1.54, 1.807) is 0 Å². The Labute approximate surface area is 196 Å². The molecule has 3 saturated heterocycles. The van der Waals surface area contributed by atoms with Gasteiger partial charge in [0.2, 0.25) is 0 Å². The van der Waals surface area contributed by atoms with Crippen LogP contribution in [-0.2, 0) is 19.1 Å². The lowest BCUT2D eigenvalue weighted by Gasteiger charge is -2.40. The molecule has 180 valence electrons. The van der Waals surface area contributed by atoms with Crippen LogP contribution >= 0.6 is 11.8 Å². The van der Waals surface area contributed by atoms with Crippen LogP contribution in [0, 0.1) is 0 Å². The van der Waals surface area contributed by atoms with Crippen molar-refractivity contribution in [1.29, 1.82) is 0 Å². The SMILES string of the molecule is O=C(C1=C2SC3=C(C(=O)N4CCOCC4)NNN3C3CCCCC3N2NN1)N1CCOCC1. The fourth-order valence-electron chi connectivity index (χ4n) is 5.27. The molecule has 13 heteroatoms. The average molecular weight is 479 g/mol. The lowest BCUT2D eigenvalue weighted by Crippen LogP contribution is -2.57. The van der Waals surface area contributed by atoms with E-state index in [4.69, 9.17) is 9.47 Å². The van der Waals surface area contributed by atoms with E-state index in [0.29, 0.717) is 64.0 Å². The zero-order valence-electron chi connectivity index (χ0n) is 18.5. The first-order chi connectivity index (χ1) is 16.2. The molecule has 12 nitrogen and oxygen atoms in total. The summed E-state index contributed by atoms with van der Waals surface area (Å²) in [7, 11) is 0. The number of hydrazine groups is 4. The maximum atomic E-state index is 13.4. The van der Waals surface area contributed by atoms with E-state index in [9.17, 15) is 9.59 Å². The summed E-state index contributed by atoms with van der Waals surface area (Å²) >= 11 is 1.46. The van der Waals surface area contributed by atoms with Gasteiger partial charge >= 0.3 is 0 Å². The molecule has 2 amide bonds. The summed E-state index contributed by atoms with van der Waals surface area (Å²) in [4.78, 5) is 30.5. The van der Waals surface area contributed by atoms with E-state index in [-0.39, 0.29) is 23.9 Å². The van der Waals surface area contributed by atoms with Crippen molar-refractivity contribution in [2.24, 2.45) is 0 Å². The molecular weight excluding hydrogens is 448 g/mol. The molecule has 4 fully saturated rings. The molecule has 5 aliphatic heterocycles. The molecule has 0 aromatic rings. The van der Waals surface area contributed by atoms with E-state index < -0.39 is 0 Å². The van der Waals surface area contributed by atoms with Crippen molar-refractivity contribution < 1.29 is 19.1 Å². The average Bonchev–Trinajstić information content (AvgIpc) is 3.46. The highest BCUT2D eigenvalue weighted by molar-refractivity contribution is 8.06. The number of ether oxygens (including phenoxy) is 2. The van der Waals surface area contributed by atoms with Crippen LogP contribution < -0.4 is 21.9 Å². The van der Waals surface area contributed by atoms with Crippen LogP contribution in [0.2, 0.25) is 0 Å². The fourth-order valence-corrected chi connectivity index (χ4v) is 6.50. The zero-order valence-corrected chi connectivity index (χ0v) is 19.3. The molecule has 0 bridgehead atoms. The van der Waals surface area contributed by atoms with Crippen LogP contribution in [0.5, 0.6) is 0 Å². The summed E-state index contributed by atoms with van der Waals surface area (Å²) in [6.45, 7) is 4.50. The first-order valence-electron chi connectivity index (χ1n) is 11.7. The highest BCUT2D eigenvalue weighted by Crippen LogP contribution is 2.45. The number of rotatable bonds is 2. The van der Waals surface area contributed by atoms with Crippen LogP contribution in [0.25, 0.3) is 0 Å². The van der Waals surface area contributed by atoms with Gasteiger partial charge in [-0.3, -0.25) is 30.5 Å². The molecular formula is C20H30N8O4S. The normalized spacial score (nSPS) is 29.8. The molecule has 6 aliphatic rings. The second kappa shape index (κ2) is 8.87. The van der Waals surface area contributed by atoms with Gasteiger partial charge in [0.1, 0.15) is 21.5 Å². The minimum atomic E-state index is -0.0443. The highest BCUT2D eigenvalue weighted by atomic mass is 32.2. The number of morpholine rings is 2. The van der Waals surface area contributed by atoms with E-state index in [1.807, 2.05) is 9.80 Å². The Morgan fingerprint density at radius 3 is 1.58 bits per heavy atom. The Kier molecular flexibility index (Phi) is 5.74. The molecule has 1 saturated carbocycles. The summed E-state index contributed by atoms with van der Waals surface area (Å²) < 4.78 is 10.8. The third-order valence-electron chi connectivity index (χ3n) is 7.04. The van der Waals surface area contributed by atoms with Gasteiger partial charge in [-0.05, 0) is 24.6 Å². The Hall–Kier alpha value is -2.19. The molecule has 0 aromatic carbocycles. The second-order valence-electron chi connectivity index (χ2n) is 8.90. The van der Waals surface area contributed by atoms with Crippen LogP contribution in [0.1, 0.15) is 25.7 Å². The number of carbonyl (C=O) groups is 2. The topological polar surface area (TPSA) is 114 Å². The quantitative estimate of drug-likeness (QED) is 0.382. The van der Waals surface area contributed by atoms with Gasteiger partial charge in [-0.1, -0.05) is 12.8 Å².